The molecule has 2 aliphatic rings. The predicted molar refractivity (Wildman–Crippen MR) is 328 cm³/mol. The van der Waals surface area contributed by atoms with Gasteiger partial charge in [-0.05, 0) is 138 Å². The molecule has 2 heterocycles. The maximum absolute atomic E-state index is 2.50. The van der Waals surface area contributed by atoms with Gasteiger partial charge < -0.3 is 9.13 Å². The maximum atomic E-state index is 2.50. The van der Waals surface area contributed by atoms with E-state index < -0.39 is 0 Å². The highest BCUT2D eigenvalue weighted by molar-refractivity contribution is 6.11. The maximum Gasteiger partial charge on any atom is 0.0541 e. The molecule has 0 fully saturated rings. The molecule has 13 aromatic rings. The van der Waals surface area contributed by atoms with E-state index in [-0.39, 0.29) is 5.41 Å². The molecule has 77 heavy (non-hydrogen) atoms. The van der Waals surface area contributed by atoms with Crippen molar-refractivity contribution in [2.75, 3.05) is 0 Å². The van der Waals surface area contributed by atoms with Gasteiger partial charge in [0.15, 0.2) is 0 Å². The third-order valence-corrected chi connectivity index (χ3v) is 16.8. The van der Waals surface area contributed by atoms with Crippen LogP contribution in [0.5, 0.6) is 0 Å². The smallest absolute Gasteiger partial charge is 0.0541 e. The molecule has 0 bridgehead atoms. The Labute approximate surface area is 448 Å². The zero-order valence-electron chi connectivity index (χ0n) is 43.2. The largest absolute Gasteiger partial charge is 0.310 e. The van der Waals surface area contributed by atoms with E-state index in [0.717, 1.165) is 6.42 Å². The van der Waals surface area contributed by atoms with E-state index in [0.29, 0.717) is 5.92 Å². The monoisotopic (exact) mass is 982 g/mol. The zero-order chi connectivity index (χ0) is 51.2. The summed E-state index contributed by atoms with van der Waals surface area (Å²) in [5.41, 5.74) is 19.9. The van der Waals surface area contributed by atoms with E-state index in [9.17, 15) is 0 Å². The molecule has 1 unspecified atom stereocenters. The summed E-state index contributed by atoms with van der Waals surface area (Å²) in [6.45, 7) is 4.75. The van der Waals surface area contributed by atoms with Crippen molar-refractivity contribution in [3.8, 4) is 33.6 Å². The number of nitrogens with zero attached hydrogens (tertiary/aromatic N) is 2. The highest BCUT2D eigenvalue weighted by atomic mass is 15.0. The molecule has 15 rings (SSSR count). The fourth-order valence-electron chi connectivity index (χ4n) is 12.7. The lowest BCUT2D eigenvalue weighted by molar-refractivity contribution is 0.660. The SMILES string of the molecule is CC1(C)c2cc(/C=C/c3ccc(-c4ccc5c(c4)c4ccccc4n5-c4ccc5ccccc5c4)cc3)ccc2-c2ccc(/C=C/c3ccc(C4C=c5c(n(-c6ccc7ccccc7c6)c6ccccc56)=CC4)cc3)cc21. The van der Waals surface area contributed by atoms with Crippen LogP contribution >= 0.6 is 0 Å². The molecule has 0 saturated carbocycles. The van der Waals surface area contributed by atoms with E-state index in [1.165, 1.54) is 137 Å². The van der Waals surface area contributed by atoms with Crippen molar-refractivity contribution < 1.29 is 0 Å². The van der Waals surface area contributed by atoms with Crippen LogP contribution < -0.4 is 10.6 Å². The topological polar surface area (TPSA) is 9.86 Å². The van der Waals surface area contributed by atoms with Gasteiger partial charge in [0.25, 0.3) is 0 Å². The van der Waals surface area contributed by atoms with Crippen LogP contribution in [0, 0.1) is 0 Å². The summed E-state index contributed by atoms with van der Waals surface area (Å²) in [6, 6.07) is 87.5. The second kappa shape index (κ2) is 17.8. The van der Waals surface area contributed by atoms with E-state index in [2.05, 4.69) is 296 Å². The minimum absolute atomic E-state index is 0.125. The summed E-state index contributed by atoms with van der Waals surface area (Å²) in [5.74, 6) is 0.316. The van der Waals surface area contributed by atoms with E-state index in [4.69, 9.17) is 0 Å². The van der Waals surface area contributed by atoms with Crippen LogP contribution in [0.2, 0.25) is 0 Å². The fourth-order valence-corrected chi connectivity index (χ4v) is 12.7. The number of aromatic nitrogens is 2. The van der Waals surface area contributed by atoms with Gasteiger partial charge >= 0.3 is 0 Å². The predicted octanol–water partition coefficient (Wildman–Crippen LogP) is 18.1. The minimum atomic E-state index is -0.125. The number of rotatable bonds is 8. The van der Waals surface area contributed by atoms with Gasteiger partial charge in [0.05, 0.1) is 16.6 Å². The lowest BCUT2D eigenvalue weighted by Gasteiger charge is -2.22. The van der Waals surface area contributed by atoms with Gasteiger partial charge in [-0.1, -0.05) is 238 Å². The average molecular weight is 983 g/mol. The summed E-state index contributed by atoms with van der Waals surface area (Å²) in [5, 5.41) is 11.5. The Kier molecular flexibility index (Phi) is 10.4. The van der Waals surface area contributed by atoms with Gasteiger partial charge in [0, 0.05) is 49.4 Å². The molecule has 0 spiro atoms. The van der Waals surface area contributed by atoms with E-state index in [1.54, 1.807) is 0 Å². The quantitative estimate of drug-likeness (QED) is 0.134. The van der Waals surface area contributed by atoms with Crippen molar-refractivity contribution in [2.45, 2.75) is 31.6 Å². The Morgan fingerprint density at radius 3 is 1.52 bits per heavy atom. The zero-order valence-corrected chi connectivity index (χ0v) is 43.2. The van der Waals surface area contributed by atoms with Crippen LogP contribution in [0.1, 0.15) is 65.1 Å². The van der Waals surface area contributed by atoms with Gasteiger partial charge in [-0.25, -0.2) is 0 Å². The van der Waals surface area contributed by atoms with Crippen molar-refractivity contribution >= 4 is 90.7 Å². The molecule has 0 N–H and O–H groups in total. The summed E-state index contributed by atoms with van der Waals surface area (Å²) < 4.78 is 4.85. The van der Waals surface area contributed by atoms with Crippen LogP contribution in [-0.2, 0) is 5.41 Å². The van der Waals surface area contributed by atoms with Crippen molar-refractivity contribution in [3.05, 3.63) is 286 Å². The summed E-state index contributed by atoms with van der Waals surface area (Å²) in [7, 11) is 0. The van der Waals surface area contributed by atoms with Crippen molar-refractivity contribution in [3.63, 3.8) is 0 Å². The van der Waals surface area contributed by atoms with Gasteiger partial charge in [0.1, 0.15) is 0 Å². The Hall–Kier alpha value is -9.50. The summed E-state index contributed by atoms with van der Waals surface area (Å²) >= 11 is 0. The molecule has 0 saturated heterocycles. The van der Waals surface area contributed by atoms with Gasteiger partial charge in [-0.2, -0.15) is 0 Å². The van der Waals surface area contributed by atoms with Crippen molar-refractivity contribution in [2.24, 2.45) is 0 Å². The van der Waals surface area contributed by atoms with Crippen LogP contribution in [0.25, 0.3) is 124 Å². The number of fused-ring (bicyclic) bond motifs is 11. The van der Waals surface area contributed by atoms with Crippen LogP contribution in [0.3, 0.4) is 0 Å². The molecular weight excluding hydrogens is 929 g/mol. The van der Waals surface area contributed by atoms with Crippen LogP contribution in [0.4, 0.5) is 0 Å². The van der Waals surface area contributed by atoms with Gasteiger partial charge in [-0.15, -0.1) is 0 Å². The number of para-hydroxylation sites is 2. The Bertz CT molecular complexity index is 4730. The molecule has 2 aromatic heterocycles. The molecule has 0 amide bonds. The van der Waals surface area contributed by atoms with E-state index in [1.807, 2.05) is 0 Å². The number of hydrogen-bond acceptors (Lipinski definition) is 0. The normalized spacial score (nSPS) is 14.6. The Morgan fingerprint density at radius 2 is 0.883 bits per heavy atom. The summed E-state index contributed by atoms with van der Waals surface area (Å²) in [6.07, 6.45) is 14.9. The minimum Gasteiger partial charge on any atom is -0.310 e. The van der Waals surface area contributed by atoms with Crippen LogP contribution in [-0.4, -0.2) is 9.13 Å². The second-order valence-electron chi connectivity index (χ2n) is 21.7. The standard InChI is InChI=1S/C75H54N2/c1-75(2)69-43-51(21-19-49-23-29-55(30-24-49)59-35-41-73-67(47-59)65-15-7-9-17-71(65)76(73)61-37-33-53-11-3-5-13-57(53)45-61)27-39-63(69)64-40-28-52(44-70(64)75)22-20-50-25-31-56(32-26-50)60-36-42-74-68(48-60)66-16-8-10-18-72(66)77(74)62-38-34-54-12-4-6-14-58(54)46-62/h3-35,37-48,60H,36H2,1-2H3/b21-19+,22-20+. The Balaban J connectivity index is 0.641. The van der Waals surface area contributed by atoms with Crippen molar-refractivity contribution in [1.29, 1.82) is 0 Å². The summed E-state index contributed by atoms with van der Waals surface area (Å²) in [4.78, 5) is 0. The molecule has 11 aromatic carbocycles. The van der Waals surface area contributed by atoms with Gasteiger partial charge in [-0.3, -0.25) is 0 Å². The molecule has 2 nitrogen and oxygen atoms in total. The first-order valence-corrected chi connectivity index (χ1v) is 27.1. The first-order chi connectivity index (χ1) is 37.9. The highest BCUT2D eigenvalue weighted by Crippen LogP contribution is 2.49. The first kappa shape index (κ1) is 44.9. The third kappa shape index (κ3) is 7.62. The Morgan fingerprint density at radius 1 is 0.390 bits per heavy atom. The lowest BCUT2D eigenvalue weighted by atomic mass is 9.81. The molecule has 364 valence electrons. The molecule has 0 aliphatic heterocycles. The fraction of sp³-hybridized carbons (Fsp3) is 0.0667. The molecular formula is C75H54N2. The third-order valence-electron chi connectivity index (χ3n) is 16.8. The molecule has 1 atom stereocenters. The van der Waals surface area contributed by atoms with E-state index >= 15 is 0 Å². The number of benzene rings is 11. The first-order valence-electron chi connectivity index (χ1n) is 27.1. The van der Waals surface area contributed by atoms with Crippen LogP contribution in [0.15, 0.2) is 237 Å². The molecule has 0 radical (unpaired) electrons. The second-order valence-corrected chi connectivity index (χ2v) is 21.7. The number of hydrogen-bond donors (Lipinski definition) is 0. The molecule has 2 heteroatoms. The van der Waals surface area contributed by atoms with Crippen molar-refractivity contribution in [1.82, 2.24) is 9.13 Å². The average Bonchev–Trinajstić information content (AvgIpc) is 4.22. The lowest BCUT2D eigenvalue weighted by Crippen LogP contribution is -2.31. The van der Waals surface area contributed by atoms with Gasteiger partial charge in [0.2, 0.25) is 0 Å². The highest BCUT2D eigenvalue weighted by Gasteiger charge is 2.35. The molecule has 2 aliphatic carbocycles.